The maximum absolute atomic E-state index is 6.00. The van der Waals surface area contributed by atoms with Crippen LogP contribution in [-0.2, 0) is 0 Å². The van der Waals surface area contributed by atoms with Gasteiger partial charge in [-0.1, -0.05) is 59.9 Å². The molecule has 1 rings (SSSR count). The number of hydrogen-bond acceptors (Lipinski definition) is 0. The number of hydrogen-bond donors (Lipinski definition) is 0. The van der Waals surface area contributed by atoms with E-state index in [4.69, 9.17) is 11.6 Å². The second kappa shape index (κ2) is 6.55. The highest BCUT2D eigenvalue weighted by atomic mass is 79.9. The molecule has 0 saturated heterocycles. The highest BCUT2D eigenvalue weighted by Crippen LogP contribution is 2.28. The van der Waals surface area contributed by atoms with Crippen LogP contribution in [0, 0.1) is 5.92 Å². The molecule has 0 aliphatic rings. The zero-order valence-electron chi connectivity index (χ0n) is 9.34. The lowest BCUT2D eigenvalue weighted by molar-refractivity contribution is 0.475. The van der Waals surface area contributed by atoms with Crippen molar-refractivity contribution < 1.29 is 0 Å². The predicted molar refractivity (Wildman–Crippen MR) is 72.1 cm³/mol. The number of rotatable bonds is 5. The Morgan fingerprint density at radius 1 is 1.40 bits per heavy atom. The number of alkyl halides is 1. The van der Waals surface area contributed by atoms with Gasteiger partial charge in [0.25, 0.3) is 0 Å². The molecule has 0 nitrogen and oxygen atoms in total. The van der Waals surface area contributed by atoms with Crippen molar-refractivity contribution in [3.63, 3.8) is 0 Å². The molecule has 2 heteroatoms. The van der Waals surface area contributed by atoms with Gasteiger partial charge in [0.2, 0.25) is 0 Å². The lowest BCUT2D eigenvalue weighted by atomic mass is 9.90. The Morgan fingerprint density at radius 3 is 2.67 bits per heavy atom. The Labute approximate surface area is 106 Å². The van der Waals surface area contributed by atoms with E-state index in [0.717, 1.165) is 16.3 Å². The first kappa shape index (κ1) is 13.1. The molecule has 84 valence electrons. The van der Waals surface area contributed by atoms with E-state index in [0.29, 0.717) is 5.92 Å². The maximum atomic E-state index is 6.00. The molecule has 0 saturated carbocycles. The Morgan fingerprint density at radius 2 is 2.13 bits per heavy atom. The molecule has 2 unspecified atom stereocenters. The van der Waals surface area contributed by atoms with Crippen LogP contribution in [0.1, 0.15) is 38.2 Å². The molecule has 0 radical (unpaired) electrons. The van der Waals surface area contributed by atoms with Crippen LogP contribution >= 0.6 is 27.5 Å². The first-order valence-corrected chi connectivity index (χ1v) is 6.98. The smallest absolute Gasteiger partial charge is 0.0408 e. The van der Waals surface area contributed by atoms with Crippen molar-refractivity contribution >= 4 is 27.5 Å². The monoisotopic (exact) mass is 288 g/mol. The summed E-state index contributed by atoms with van der Waals surface area (Å²) in [5.41, 5.74) is 1.35. The normalized spacial score (nSPS) is 14.9. The molecule has 1 aromatic rings. The van der Waals surface area contributed by atoms with E-state index in [2.05, 4.69) is 41.9 Å². The summed E-state index contributed by atoms with van der Waals surface area (Å²) >= 11 is 9.59. The van der Waals surface area contributed by atoms with Crippen molar-refractivity contribution in [2.75, 3.05) is 5.33 Å². The van der Waals surface area contributed by atoms with Crippen LogP contribution in [-0.4, -0.2) is 5.33 Å². The van der Waals surface area contributed by atoms with Crippen molar-refractivity contribution in [2.45, 2.75) is 32.6 Å². The van der Waals surface area contributed by atoms with Crippen LogP contribution in [0.25, 0.3) is 0 Å². The maximum Gasteiger partial charge on any atom is 0.0408 e. The fourth-order valence-corrected chi connectivity index (χ4v) is 2.54. The van der Waals surface area contributed by atoms with Crippen LogP contribution < -0.4 is 0 Å². The minimum atomic E-state index is 0.582. The molecule has 15 heavy (non-hydrogen) atoms. The van der Waals surface area contributed by atoms with Crippen LogP contribution in [0.15, 0.2) is 24.3 Å². The van der Waals surface area contributed by atoms with Gasteiger partial charge in [0.1, 0.15) is 0 Å². The van der Waals surface area contributed by atoms with Gasteiger partial charge in [-0.25, -0.2) is 0 Å². The van der Waals surface area contributed by atoms with Crippen LogP contribution in [0.5, 0.6) is 0 Å². The van der Waals surface area contributed by atoms with Gasteiger partial charge < -0.3 is 0 Å². The quantitative estimate of drug-likeness (QED) is 0.649. The molecular weight excluding hydrogens is 272 g/mol. The molecule has 0 heterocycles. The summed E-state index contributed by atoms with van der Waals surface area (Å²) in [6, 6.07) is 8.21. The van der Waals surface area contributed by atoms with Gasteiger partial charge in [0, 0.05) is 10.4 Å². The zero-order chi connectivity index (χ0) is 11.3. The van der Waals surface area contributed by atoms with Crippen molar-refractivity contribution in [3.05, 3.63) is 34.9 Å². The molecule has 0 N–H and O–H groups in total. The van der Waals surface area contributed by atoms with Gasteiger partial charge in [0.15, 0.2) is 0 Å². The Hall–Kier alpha value is -0.0100. The highest BCUT2D eigenvalue weighted by Gasteiger charge is 2.13. The van der Waals surface area contributed by atoms with E-state index < -0.39 is 0 Å². The minimum absolute atomic E-state index is 0.582. The Bertz CT molecular complexity index is 298. The second-order valence-corrected chi connectivity index (χ2v) is 5.24. The van der Waals surface area contributed by atoms with Crippen molar-refractivity contribution in [1.82, 2.24) is 0 Å². The largest absolute Gasteiger partial charge is 0.0921 e. The van der Waals surface area contributed by atoms with E-state index in [-0.39, 0.29) is 0 Å². The minimum Gasteiger partial charge on any atom is -0.0921 e. The summed E-state index contributed by atoms with van der Waals surface area (Å²) in [6.45, 7) is 4.55. The molecule has 0 aromatic heterocycles. The molecule has 0 amide bonds. The van der Waals surface area contributed by atoms with E-state index in [1.807, 2.05) is 12.1 Å². The predicted octanol–water partition coefficient (Wildman–Crippen LogP) is 5.25. The van der Waals surface area contributed by atoms with Crippen molar-refractivity contribution in [1.29, 1.82) is 0 Å². The number of halogens is 2. The molecule has 2 atom stereocenters. The van der Waals surface area contributed by atoms with Crippen molar-refractivity contribution in [3.8, 4) is 0 Å². The summed E-state index contributed by atoms with van der Waals surface area (Å²) in [6.07, 6.45) is 2.46. The third-order valence-corrected chi connectivity index (χ3v) is 3.91. The zero-order valence-corrected chi connectivity index (χ0v) is 11.7. The van der Waals surface area contributed by atoms with E-state index in [1.54, 1.807) is 0 Å². The van der Waals surface area contributed by atoms with Gasteiger partial charge in [-0.2, -0.15) is 0 Å². The Kier molecular flexibility index (Phi) is 5.70. The fraction of sp³-hybridized carbons (Fsp3) is 0.538. The second-order valence-electron chi connectivity index (χ2n) is 4.16. The number of benzene rings is 1. The van der Waals surface area contributed by atoms with Gasteiger partial charge in [-0.3, -0.25) is 0 Å². The van der Waals surface area contributed by atoms with E-state index in [1.165, 1.54) is 18.4 Å². The lowest BCUT2D eigenvalue weighted by Crippen LogP contribution is -2.05. The summed E-state index contributed by atoms with van der Waals surface area (Å²) in [7, 11) is 0. The lowest BCUT2D eigenvalue weighted by Gasteiger charge is -2.18. The SMILES string of the molecule is CCC(C)CC(CBr)c1cccc(Cl)c1. The third kappa shape index (κ3) is 4.16. The van der Waals surface area contributed by atoms with E-state index >= 15 is 0 Å². The fourth-order valence-electron chi connectivity index (χ4n) is 1.70. The van der Waals surface area contributed by atoms with Crippen LogP contribution in [0.3, 0.4) is 0 Å². The first-order valence-electron chi connectivity index (χ1n) is 5.48. The van der Waals surface area contributed by atoms with Crippen LogP contribution in [0.2, 0.25) is 5.02 Å². The highest BCUT2D eigenvalue weighted by molar-refractivity contribution is 9.09. The Balaban J connectivity index is 2.73. The van der Waals surface area contributed by atoms with Gasteiger partial charge >= 0.3 is 0 Å². The summed E-state index contributed by atoms with van der Waals surface area (Å²) in [5, 5.41) is 1.85. The topological polar surface area (TPSA) is 0 Å². The standard InChI is InChI=1S/C13H18BrCl/c1-3-10(2)7-12(9-14)11-5-4-6-13(15)8-11/h4-6,8,10,12H,3,7,9H2,1-2H3. The molecule has 0 aliphatic carbocycles. The molecule has 0 fully saturated rings. The van der Waals surface area contributed by atoms with Crippen LogP contribution in [0.4, 0.5) is 0 Å². The van der Waals surface area contributed by atoms with Gasteiger partial charge in [-0.15, -0.1) is 0 Å². The van der Waals surface area contributed by atoms with Crippen molar-refractivity contribution in [2.24, 2.45) is 5.92 Å². The summed E-state index contributed by atoms with van der Waals surface area (Å²) < 4.78 is 0. The molecule has 1 aromatic carbocycles. The molecule has 0 bridgehead atoms. The molecule has 0 aliphatic heterocycles. The average Bonchev–Trinajstić information content (AvgIpc) is 2.25. The molecule has 0 spiro atoms. The third-order valence-electron chi connectivity index (χ3n) is 2.89. The van der Waals surface area contributed by atoms with E-state index in [9.17, 15) is 0 Å². The van der Waals surface area contributed by atoms with Gasteiger partial charge in [0.05, 0.1) is 0 Å². The van der Waals surface area contributed by atoms with Gasteiger partial charge in [-0.05, 0) is 36.0 Å². The summed E-state index contributed by atoms with van der Waals surface area (Å²) in [5.74, 6) is 1.35. The molecular formula is C13H18BrCl. The average molecular weight is 290 g/mol. The first-order chi connectivity index (χ1) is 7.17. The summed E-state index contributed by atoms with van der Waals surface area (Å²) in [4.78, 5) is 0.